The van der Waals surface area contributed by atoms with Gasteiger partial charge in [0.05, 0.1) is 33.5 Å². The van der Waals surface area contributed by atoms with E-state index in [-0.39, 0.29) is 0 Å². The first-order chi connectivity index (χ1) is 30.8. The molecule has 3 aromatic heterocycles. The Morgan fingerprint density at radius 3 is 1.10 bits per heavy atom. The first kappa shape index (κ1) is 35.6. The molecule has 0 unspecified atom stereocenters. The fraction of sp³-hybridized carbons (Fsp3) is 0. The van der Waals surface area contributed by atoms with Crippen molar-refractivity contribution in [3.8, 4) is 67.5 Å². The van der Waals surface area contributed by atoms with Crippen LogP contribution in [0.5, 0.6) is 0 Å². The molecule has 12 rings (SSSR count). The predicted octanol–water partition coefficient (Wildman–Crippen LogP) is 15.0. The van der Waals surface area contributed by atoms with Gasteiger partial charge in [-0.25, -0.2) is 9.97 Å². The van der Waals surface area contributed by atoms with Crippen molar-refractivity contribution in [2.45, 2.75) is 0 Å². The highest BCUT2D eigenvalue weighted by atomic mass is 15.0. The van der Waals surface area contributed by atoms with Crippen LogP contribution in [0.2, 0.25) is 0 Å². The van der Waals surface area contributed by atoms with E-state index in [0.717, 1.165) is 72.6 Å². The summed E-state index contributed by atoms with van der Waals surface area (Å²) in [5, 5.41) is 4.78. The quantitative estimate of drug-likeness (QED) is 0.161. The summed E-state index contributed by atoms with van der Waals surface area (Å²) in [4.78, 5) is 10.9. The summed E-state index contributed by atoms with van der Waals surface area (Å²) in [6, 6.07) is 82.0. The Morgan fingerprint density at radius 2 is 0.613 bits per heavy atom. The summed E-state index contributed by atoms with van der Waals surface area (Å²) in [6.45, 7) is 0. The number of rotatable bonds is 7. The summed E-state index contributed by atoms with van der Waals surface area (Å²) in [5.41, 5.74) is 16.2. The lowest BCUT2D eigenvalue weighted by Crippen LogP contribution is -2.01. The van der Waals surface area contributed by atoms with Crippen molar-refractivity contribution in [2.24, 2.45) is 0 Å². The standard InChI is InChI=1S/C58H38N4/c1-6-18-39(19-7-1)55-56(40-20-8-2-9-21-40)59-58(60-57(55)41-22-10-3-11-23-41)44-32-35-54-50(38-44)49-37-43(31-34-53(49)62(54)46-26-14-5-15-27-46)42-30-33-52-48(36-42)47-28-16-17-29-51(47)61(52)45-24-12-4-13-25-45/h1-38H. The highest BCUT2D eigenvalue weighted by Gasteiger charge is 2.22. The van der Waals surface area contributed by atoms with Crippen LogP contribution in [-0.4, -0.2) is 19.1 Å². The zero-order valence-corrected chi connectivity index (χ0v) is 33.7. The number of fused-ring (bicyclic) bond motifs is 6. The lowest BCUT2D eigenvalue weighted by molar-refractivity contribution is 1.17. The van der Waals surface area contributed by atoms with Crippen molar-refractivity contribution in [1.29, 1.82) is 0 Å². The van der Waals surface area contributed by atoms with E-state index in [1.54, 1.807) is 0 Å². The third kappa shape index (κ3) is 5.92. The zero-order chi connectivity index (χ0) is 41.0. The normalized spacial score (nSPS) is 11.5. The Labute approximate surface area is 359 Å². The van der Waals surface area contributed by atoms with E-state index in [1.165, 1.54) is 32.8 Å². The van der Waals surface area contributed by atoms with Gasteiger partial charge in [-0.15, -0.1) is 0 Å². The van der Waals surface area contributed by atoms with Crippen LogP contribution in [0, 0.1) is 0 Å². The molecule has 9 aromatic carbocycles. The molecule has 0 atom stereocenters. The van der Waals surface area contributed by atoms with Gasteiger partial charge in [0.25, 0.3) is 0 Å². The largest absolute Gasteiger partial charge is 0.309 e. The summed E-state index contributed by atoms with van der Waals surface area (Å²) >= 11 is 0. The summed E-state index contributed by atoms with van der Waals surface area (Å²) in [7, 11) is 0. The van der Waals surface area contributed by atoms with Crippen LogP contribution in [-0.2, 0) is 0 Å². The molecule has 3 heterocycles. The van der Waals surface area contributed by atoms with Gasteiger partial charge in [0.1, 0.15) is 0 Å². The van der Waals surface area contributed by atoms with Crippen LogP contribution in [0.3, 0.4) is 0 Å². The molecule has 0 saturated carbocycles. The van der Waals surface area contributed by atoms with E-state index in [9.17, 15) is 0 Å². The molecule has 62 heavy (non-hydrogen) atoms. The number of nitrogens with zero attached hydrogens (tertiary/aromatic N) is 4. The number of aromatic nitrogens is 4. The van der Waals surface area contributed by atoms with Gasteiger partial charge in [0.15, 0.2) is 5.82 Å². The highest BCUT2D eigenvalue weighted by Crippen LogP contribution is 2.42. The fourth-order valence-electron chi connectivity index (χ4n) is 9.28. The van der Waals surface area contributed by atoms with Crippen LogP contribution in [0.1, 0.15) is 0 Å². The summed E-state index contributed by atoms with van der Waals surface area (Å²) in [5.74, 6) is 0.682. The van der Waals surface area contributed by atoms with Gasteiger partial charge in [-0.3, -0.25) is 0 Å². The van der Waals surface area contributed by atoms with Crippen molar-refractivity contribution >= 4 is 43.6 Å². The van der Waals surface area contributed by atoms with Crippen molar-refractivity contribution in [3.05, 3.63) is 231 Å². The Bertz CT molecular complexity index is 3530. The topological polar surface area (TPSA) is 35.6 Å². The molecule has 0 aliphatic rings. The summed E-state index contributed by atoms with van der Waals surface area (Å²) < 4.78 is 4.74. The Kier molecular flexibility index (Phi) is 8.46. The molecule has 4 nitrogen and oxygen atoms in total. The average molecular weight is 791 g/mol. The molecular formula is C58H38N4. The molecule has 0 bridgehead atoms. The van der Waals surface area contributed by atoms with Crippen molar-refractivity contribution in [1.82, 2.24) is 19.1 Å². The van der Waals surface area contributed by atoms with Gasteiger partial charge in [-0.05, 0) is 89.5 Å². The molecule has 4 heteroatoms. The second-order valence-corrected chi connectivity index (χ2v) is 15.8. The van der Waals surface area contributed by atoms with E-state index in [0.29, 0.717) is 5.82 Å². The molecule has 290 valence electrons. The first-order valence-corrected chi connectivity index (χ1v) is 21.1. The SMILES string of the molecule is c1ccc(-c2nc(-c3ccc4c(c3)c3cc(-c5ccc6c(c5)c5ccccc5n6-c5ccccc5)ccc3n4-c3ccccc3)nc(-c3ccccc3)c2-c2ccccc2)cc1. The Hall–Kier alpha value is -8.34. The molecule has 0 saturated heterocycles. The van der Waals surface area contributed by atoms with E-state index >= 15 is 0 Å². The minimum atomic E-state index is 0.682. The van der Waals surface area contributed by atoms with Crippen LogP contribution < -0.4 is 0 Å². The van der Waals surface area contributed by atoms with Crippen LogP contribution in [0.15, 0.2) is 231 Å². The van der Waals surface area contributed by atoms with Gasteiger partial charge in [-0.2, -0.15) is 0 Å². The van der Waals surface area contributed by atoms with E-state index in [1.807, 2.05) is 0 Å². The van der Waals surface area contributed by atoms with Crippen LogP contribution in [0.25, 0.3) is 111 Å². The Balaban J connectivity index is 1.08. The maximum absolute atomic E-state index is 5.45. The van der Waals surface area contributed by atoms with Gasteiger partial charge in [-0.1, -0.05) is 158 Å². The van der Waals surface area contributed by atoms with E-state index < -0.39 is 0 Å². The number of hydrogen-bond donors (Lipinski definition) is 0. The zero-order valence-electron chi connectivity index (χ0n) is 33.7. The average Bonchev–Trinajstić information content (AvgIpc) is 3.86. The monoisotopic (exact) mass is 790 g/mol. The third-order valence-corrected chi connectivity index (χ3v) is 12.1. The van der Waals surface area contributed by atoms with Crippen LogP contribution in [0.4, 0.5) is 0 Å². The lowest BCUT2D eigenvalue weighted by Gasteiger charge is -2.17. The second-order valence-electron chi connectivity index (χ2n) is 15.8. The van der Waals surface area contributed by atoms with Crippen molar-refractivity contribution in [3.63, 3.8) is 0 Å². The predicted molar refractivity (Wildman–Crippen MR) is 258 cm³/mol. The third-order valence-electron chi connectivity index (χ3n) is 12.1. The smallest absolute Gasteiger partial charge is 0.160 e. The van der Waals surface area contributed by atoms with Gasteiger partial charge >= 0.3 is 0 Å². The molecule has 0 amide bonds. The molecule has 0 radical (unpaired) electrons. The molecule has 0 spiro atoms. The maximum atomic E-state index is 5.45. The molecule has 0 aliphatic carbocycles. The van der Waals surface area contributed by atoms with Crippen molar-refractivity contribution < 1.29 is 0 Å². The Morgan fingerprint density at radius 1 is 0.258 bits per heavy atom. The highest BCUT2D eigenvalue weighted by molar-refractivity contribution is 6.13. The van der Waals surface area contributed by atoms with Gasteiger partial charge in [0, 0.05) is 55.2 Å². The molecule has 0 N–H and O–H groups in total. The number of hydrogen-bond acceptors (Lipinski definition) is 2. The second kappa shape index (κ2) is 14.7. The van der Waals surface area contributed by atoms with E-state index in [4.69, 9.17) is 9.97 Å². The van der Waals surface area contributed by atoms with Crippen LogP contribution >= 0.6 is 0 Å². The van der Waals surface area contributed by atoms with E-state index in [2.05, 4.69) is 240 Å². The molecular weight excluding hydrogens is 753 g/mol. The number of para-hydroxylation sites is 3. The lowest BCUT2D eigenvalue weighted by atomic mass is 9.94. The van der Waals surface area contributed by atoms with Gasteiger partial charge in [0.2, 0.25) is 0 Å². The van der Waals surface area contributed by atoms with Crippen molar-refractivity contribution in [2.75, 3.05) is 0 Å². The minimum absolute atomic E-state index is 0.682. The fourth-order valence-corrected chi connectivity index (χ4v) is 9.28. The molecule has 0 fully saturated rings. The molecule has 12 aromatic rings. The number of benzene rings is 9. The molecule has 0 aliphatic heterocycles. The first-order valence-electron chi connectivity index (χ1n) is 21.1. The minimum Gasteiger partial charge on any atom is -0.309 e. The summed E-state index contributed by atoms with van der Waals surface area (Å²) in [6.07, 6.45) is 0. The maximum Gasteiger partial charge on any atom is 0.160 e. The van der Waals surface area contributed by atoms with Gasteiger partial charge < -0.3 is 9.13 Å².